The summed E-state index contributed by atoms with van der Waals surface area (Å²) in [5.74, 6) is -2.03. The number of amides is 2. The molecule has 0 saturated heterocycles. The van der Waals surface area contributed by atoms with Gasteiger partial charge in [0.15, 0.2) is 0 Å². The Bertz CT molecular complexity index is 360. The Morgan fingerprint density at radius 2 is 1.80 bits per heavy atom. The number of urea groups is 1. The first-order chi connectivity index (χ1) is 8.99. The topological polar surface area (TPSA) is 69.6 Å². The molecule has 8 heteroatoms. The number of carbonyl (C=O) groups excluding carboxylic acids is 1. The Balaban J connectivity index is 5.05. The maximum atomic E-state index is 12.8. The summed E-state index contributed by atoms with van der Waals surface area (Å²) < 4.78 is 38.4. The summed E-state index contributed by atoms with van der Waals surface area (Å²) in [6.45, 7) is 6.28. The van der Waals surface area contributed by atoms with E-state index in [9.17, 15) is 22.8 Å². The number of carboxylic acids is 1. The number of hydrogen-bond donors (Lipinski definition) is 2. The lowest BCUT2D eigenvalue weighted by molar-refractivity contribution is -0.203. The molecule has 2 unspecified atom stereocenters. The highest BCUT2D eigenvalue weighted by molar-refractivity contribution is 5.86. The zero-order chi connectivity index (χ0) is 16.1. The number of nitrogens with one attached hydrogen (secondary N) is 1. The molecule has 0 aliphatic carbocycles. The molecule has 0 aliphatic rings. The summed E-state index contributed by atoms with van der Waals surface area (Å²) in [7, 11) is 0. The van der Waals surface area contributed by atoms with Gasteiger partial charge in [0.2, 0.25) is 5.54 Å². The second-order valence-corrected chi connectivity index (χ2v) is 4.91. The SMILES string of the molecule is CCC(C)CN(CC)C(=O)NC(C)(C(=O)O)C(F)(F)F. The van der Waals surface area contributed by atoms with Crippen molar-refractivity contribution >= 4 is 12.0 Å². The first-order valence-electron chi connectivity index (χ1n) is 6.36. The second-order valence-electron chi connectivity index (χ2n) is 4.91. The van der Waals surface area contributed by atoms with Crippen LogP contribution >= 0.6 is 0 Å². The number of nitrogens with zero attached hydrogens (tertiary/aromatic N) is 1. The number of carboxylic acid groups (broad SMARTS) is 1. The summed E-state index contributed by atoms with van der Waals surface area (Å²) in [5.41, 5.74) is -3.30. The zero-order valence-corrected chi connectivity index (χ0v) is 12.0. The van der Waals surface area contributed by atoms with E-state index in [-0.39, 0.29) is 19.0 Å². The van der Waals surface area contributed by atoms with Crippen LogP contribution in [-0.2, 0) is 4.79 Å². The Hall–Kier alpha value is -1.47. The fraction of sp³-hybridized carbons (Fsp3) is 0.833. The molecule has 118 valence electrons. The van der Waals surface area contributed by atoms with Gasteiger partial charge in [0, 0.05) is 13.1 Å². The molecule has 0 rings (SSSR count). The molecule has 20 heavy (non-hydrogen) atoms. The van der Waals surface area contributed by atoms with Crippen LogP contribution in [0, 0.1) is 5.92 Å². The van der Waals surface area contributed by atoms with Gasteiger partial charge in [0.05, 0.1) is 0 Å². The number of aliphatic carboxylic acids is 1. The van der Waals surface area contributed by atoms with Crippen LogP contribution in [-0.4, -0.2) is 46.8 Å². The second kappa shape index (κ2) is 6.81. The maximum Gasteiger partial charge on any atom is 0.422 e. The van der Waals surface area contributed by atoms with E-state index < -0.39 is 23.7 Å². The van der Waals surface area contributed by atoms with Crippen molar-refractivity contribution < 1.29 is 27.9 Å². The van der Waals surface area contributed by atoms with Crippen LogP contribution in [0.3, 0.4) is 0 Å². The Morgan fingerprint density at radius 1 is 1.30 bits per heavy atom. The molecule has 0 aromatic carbocycles. The molecule has 0 fully saturated rings. The fourth-order valence-electron chi connectivity index (χ4n) is 1.40. The van der Waals surface area contributed by atoms with E-state index in [4.69, 9.17) is 5.11 Å². The van der Waals surface area contributed by atoms with E-state index in [1.54, 1.807) is 12.2 Å². The average molecular weight is 298 g/mol. The summed E-state index contributed by atoms with van der Waals surface area (Å²) in [4.78, 5) is 23.9. The maximum absolute atomic E-state index is 12.8. The van der Waals surface area contributed by atoms with E-state index in [2.05, 4.69) is 0 Å². The van der Waals surface area contributed by atoms with Crippen molar-refractivity contribution in [2.45, 2.75) is 45.8 Å². The van der Waals surface area contributed by atoms with Crippen molar-refractivity contribution in [2.24, 2.45) is 5.92 Å². The van der Waals surface area contributed by atoms with Crippen molar-refractivity contribution in [3.05, 3.63) is 0 Å². The number of carbonyl (C=O) groups is 2. The number of hydrogen-bond acceptors (Lipinski definition) is 2. The molecule has 2 N–H and O–H groups in total. The molecule has 0 heterocycles. The molecule has 5 nitrogen and oxygen atoms in total. The van der Waals surface area contributed by atoms with Crippen molar-refractivity contribution in [1.82, 2.24) is 10.2 Å². The molecule has 0 radical (unpaired) electrons. The van der Waals surface area contributed by atoms with Crippen LogP contribution in [0.1, 0.15) is 34.1 Å². The molecule has 2 amide bonds. The number of rotatable bonds is 6. The quantitative estimate of drug-likeness (QED) is 0.791. The highest BCUT2D eigenvalue weighted by Gasteiger charge is 2.58. The van der Waals surface area contributed by atoms with Gasteiger partial charge in [-0.3, -0.25) is 0 Å². The predicted octanol–water partition coefficient (Wildman–Crippen LogP) is 2.47. The van der Waals surface area contributed by atoms with Gasteiger partial charge in [-0.1, -0.05) is 20.3 Å². The first-order valence-corrected chi connectivity index (χ1v) is 6.36. The van der Waals surface area contributed by atoms with Crippen LogP contribution in [0.4, 0.5) is 18.0 Å². The molecule has 2 atom stereocenters. The average Bonchev–Trinajstić information content (AvgIpc) is 2.33. The highest BCUT2D eigenvalue weighted by atomic mass is 19.4. The monoisotopic (exact) mass is 298 g/mol. The van der Waals surface area contributed by atoms with Crippen LogP contribution in [0.25, 0.3) is 0 Å². The summed E-state index contributed by atoms with van der Waals surface area (Å²) >= 11 is 0. The minimum atomic E-state index is -5.08. The molecular weight excluding hydrogens is 277 g/mol. The van der Waals surface area contributed by atoms with Crippen LogP contribution in [0.5, 0.6) is 0 Å². The van der Waals surface area contributed by atoms with Crippen molar-refractivity contribution in [2.75, 3.05) is 13.1 Å². The third kappa shape index (κ3) is 4.28. The lowest BCUT2D eigenvalue weighted by Crippen LogP contribution is -2.64. The molecular formula is C12H21F3N2O3. The van der Waals surface area contributed by atoms with Crippen LogP contribution in [0.15, 0.2) is 0 Å². The molecule has 0 bridgehead atoms. The molecule has 0 saturated carbocycles. The van der Waals surface area contributed by atoms with E-state index >= 15 is 0 Å². The van der Waals surface area contributed by atoms with Gasteiger partial charge < -0.3 is 15.3 Å². The van der Waals surface area contributed by atoms with Crippen molar-refractivity contribution in [1.29, 1.82) is 0 Å². The van der Waals surface area contributed by atoms with E-state index in [1.807, 2.05) is 13.8 Å². The standard InChI is InChI=1S/C12H21F3N2O3/c1-5-8(3)7-17(6-2)10(20)16-11(4,9(18)19)12(13,14)15/h8H,5-7H2,1-4H3,(H,16,20)(H,18,19). The Kier molecular flexibility index (Phi) is 6.31. The lowest BCUT2D eigenvalue weighted by atomic mass is 10.0. The predicted molar refractivity (Wildman–Crippen MR) is 67.3 cm³/mol. The third-order valence-electron chi connectivity index (χ3n) is 3.25. The lowest BCUT2D eigenvalue weighted by Gasteiger charge is -2.32. The van der Waals surface area contributed by atoms with E-state index in [0.717, 1.165) is 6.42 Å². The molecule has 0 aliphatic heterocycles. The molecule has 0 spiro atoms. The zero-order valence-electron chi connectivity index (χ0n) is 12.0. The number of alkyl halides is 3. The van der Waals surface area contributed by atoms with E-state index in [0.29, 0.717) is 6.92 Å². The fourth-order valence-corrected chi connectivity index (χ4v) is 1.40. The molecule has 0 aromatic heterocycles. The van der Waals surface area contributed by atoms with Gasteiger partial charge in [-0.25, -0.2) is 9.59 Å². The van der Waals surface area contributed by atoms with Gasteiger partial charge in [0.25, 0.3) is 0 Å². The third-order valence-corrected chi connectivity index (χ3v) is 3.25. The summed E-state index contributed by atoms with van der Waals surface area (Å²) in [6, 6.07) is -1.03. The Morgan fingerprint density at radius 3 is 2.10 bits per heavy atom. The summed E-state index contributed by atoms with van der Waals surface area (Å²) in [6.07, 6.45) is -4.32. The number of halogens is 3. The van der Waals surface area contributed by atoms with Crippen LogP contribution in [0.2, 0.25) is 0 Å². The highest BCUT2D eigenvalue weighted by Crippen LogP contribution is 2.30. The van der Waals surface area contributed by atoms with Crippen LogP contribution < -0.4 is 5.32 Å². The van der Waals surface area contributed by atoms with Gasteiger partial charge >= 0.3 is 18.2 Å². The van der Waals surface area contributed by atoms with E-state index in [1.165, 1.54) is 4.90 Å². The normalized spacial score (nSPS) is 16.1. The van der Waals surface area contributed by atoms with Crippen molar-refractivity contribution in [3.63, 3.8) is 0 Å². The minimum absolute atomic E-state index is 0.114. The smallest absolute Gasteiger partial charge is 0.422 e. The van der Waals surface area contributed by atoms with Crippen molar-refractivity contribution in [3.8, 4) is 0 Å². The first kappa shape index (κ1) is 18.5. The minimum Gasteiger partial charge on any atom is -0.479 e. The largest absolute Gasteiger partial charge is 0.479 e. The summed E-state index contributed by atoms with van der Waals surface area (Å²) in [5, 5.41) is 10.3. The van der Waals surface area contributed by atoms with Gasteiger partial charge in [-0.15, -0.1) is 0 Å². The van der Waals surface area contributed by atoms with Gasteiger partial charge in [-0.2, -0.15) is 13.2 Å². The van der Waals surface area contributed by atoms with Gasteiger partial charge in [0.1, 0.15) is 0 Å². The van der Waals surface area contributed by atoms with Gasteiger partial charge in [-0.05, 0) is 19.8 Å². The Labute approximate surface area is 116 Å². The molecule has 0 aromatic rings.